The Morgan fingerprint density at radius 3 is 2.30 bits per heavy atom. The zero-order chi connectivity index (χ0) is 16.7. The minimum atomic E-state index is -0.726. The van der Waals surface area contributed by atoms with Gasteiger partial charge < -0.3 is 10.5 Å². The normalized spacial score (nSPS) is 10.3. The molecule has 0 heterocycles. The molecule has 2 aromatic carbocycles. The zero-order valence-corrected chi connectivity index (χ0v) is 12.1. The SMILES string of the molecule is C#CCN(N=Cc1ccc(Oc2ccc(F)cc2)cc1)C(N)=O. The van der Waals surface area contributed by atoms with Crippen molar-refractivity contribution in [3.05, 3.63) is 59.9 Å². The standard InChI is InChI=1S/C17H14FN3O2/c1-2-11-21(17(19)22)20-12-13-3-7-15(8-4-13)23-16-9-5-14(18)6-10-16/h1,3-10,12H,11H2,(H2,19,22). The molecule has 0 unspecified atom stereocenters. The topological polar surface area (TPSA) is 67.9 Å². The molecule has 6 heteroatoms. The molecule has 2 N–H and O–H groups in total. The van der Waals surface area contributed by atoms with Gasteiger partial charge in [0.15, 0.2) is 0 Å². The van der Waals surface area contributed by atoms with Crippen LogP contribution >= 0.6 is 0 Å². The molecular weight excluding hydrogens is 297 g/mol. The molecule has 0 radical (unpaired) electrons. The number of nitrogens with zero attached hydrogens (tertiary/aromatic N) is 2. The number of primary amides is 1. The number of benzene rings is 2. The summed E-state index contributed by atoms with van der Waals surface area (Å²) in [6.45, 7) is -0.00239. The number of nitrogens with two attached hydrogens (primary N) is 1. The van der Waals surface area contributed by atoms with Crippen LogP contribution in [0.25, 0.3) is 0 Å². The quantitative estimate of drug-likeness (QED) is 0.524. The van der Waals surface area contributed by atoms with E-state index in [-0.39, 0.29) is 12.4 Å². The second-order valence-electron chi connectivity index (χ2n) is 4.47. The van der Waals surface area contributed by atoms with Crippen LogP contribution in [0.1, 0.15) is 5.56 Å². The van der Waals surface area contributed by atoms with Crippen molar-refractivity contribution >= 4 is 12.2 Å². The Hall–Kier alpha value is -3.33. The highest BCUT2D eigenvalue weighted by Gasteiger charge is 2.04. The van der Waals surface area contributed by atoms with E-state index >= 15 is 0 Å². The van der Waals surface area contributed by atoms with Gasteiger partial charge in [-0.2, -0.15) is 5.10 Å². The molecule has 0 fully saturated rings. The first-order valence-electron chi connectivity index (χ1n) is 6.66. The summed E-state index contributed by atoms with van der Waals surface area (Å²) in [4.78, 5) is 11.1. The van der Waals surface area contributed by atoms with E-state index in [0.717, 1.165) is 10.6 Å². The third kappa shape index (κ3) is 4.86. The summed E-state index contributed by atoms with van der Waals surface area (Å²) in [5.74, 6) is 3.08. The Bertz CT molecular complexity index is 734. The number of carbonyl (C=O) groups is 1. The molecule has 116 valence electrons. The van der Waals surface area contributed by atoms with Gasteiger partial charge >= 0.3 is 6.03 Å². The van der Waals surface area contributed by atoms with E-state index in [1.165, 1.54) is 30.5 Å². The second-order valence-corrected chi connectivity index (χ2v) is 4.47. The fraction of sp³-hybridized carbons (Fsp3) is 0.0588. The molecule has 0 spiro atoms. The highest BCUT2D eigenvalue weighted by molar-refractivity contribution is 5.81. The molecule has 0 aliphatic rings. The Balaban J connectivity index is 2.03. The lowest BCUT2D eigenvalue weighted by atomic mass is 10.2. The van der Waals surface area contributed by atoms with E-state index in [1.807, 2.05) is 0 Å². The van der Waals surface area contributed by atoms with Crippen LogP contribution in [0.3, 0.4) is 0 Å². The average Bonchev–Trinajstić information content (AvgIpc) is 2.55. The van der Waals surface area contributed by atoms with Gasteiger partial charge in [-0.1, -0.05) is 5.92 Å². The molecule has 2 aromatic rings. The van der Waals surface area contributed by atoms with E-state index in [1.54, 1.807) is 24.3 Å². The minimum Gasteiger partial charge on any atom is -0.457 e. The summed E-state index contributed by atoms with van der Waals surface area (Å²) in [7, 11) is 0. The highest BCUT2D eigenvalue weighted by atomic mass is 19.1. The lowest BCUT2D eigenvalue weighted by molar-refractivity contribution is 0.216. The van der Waals surface area contributed by atoms with Crippen LogP contribution in [-0.4, -0.2) is 23.8 Å². The maximum Gasteiger partial charge on any atom is 0.336 e. The lowest BCUT2D eigenvalue weighted by Crippen LogP contribution is -2.31. The number of amides is 2. The Morgan fingerprint density at radius 1 is 1.22 bits per heavy atom. The lowest BCUT2D eigenvalue weighted by Gasteiger charge is -2.10. The predicted octanol–water partition coefficient (Wildman–Crippen LogP) is 2.97. The Kier molecular flexibility index (Phi) is 5.31. The van der Waals surface area contributed by atoms with Crippen LogP contribution in [-0.2, 0) is 0 Å². The maximum absolute atomic E-state index is 12.8. The maximum atomic E-state index is 12.8. The smallest absolute Gasteiger partial charge is 0.336 e. The van der Waals surface area contributed by atoms with Gasteiger partial charge in [0.1, 0.15) is 23.9 Å². The second kappa shape index (κ2) is 7.61. The van der Waals surface area contributed by atoms with Gasteiger partial charge in [0.25, 0.3) is 0 Å². The van der Waals surface area contributed by atoms with Crippen molar-refractivity contribution in [1.29, 1.82) is 0 Å². The minimum absolute atomic E-state index is 0.00239. The van der Waals surface area contributed by atoms with E-state index in [2.05, 4.69) is 11.0 Å². The number of hydrogen-bond donors (Lipinski definition) is 1. The zero-order valence-electron chi connectivity index (χ0n) is 12.1. The van der Waals surface area contributed by atoms with Gasteiger partial charge in [0.05, 0.1) is 6.21 Å². The molecule has 0 aliphatic heterocycles. The number of ether oxygens (including phenoxy) is 1. The molecule has 0 bridgehead atoms. The van der Waals surface area contributed by atoms with Crippen molar-refractivity contribution in [3.8, 4) is 23.8 Å². The Labute approximate surface area is 133 Å². The molecule has 0 aliphatic carbocycles. The third-order valence-electron chi connectivity index (χ3n) is 2.77. The van der Waals surface area contributed by atoms with Crippen LogP contribution in [0.5, 0.6) is 11.5 Å². The Morgan fingerprint density at radius 2 is 1.78 bits per heavy atom. The number of terminal acetylenes is 1. The van der Waals surface area contributed by atoms with Crippen molar-refractivity contribution < 1.29 is 13.9 Å². The van der Waals surface area contributed by atoms with Crippen LogP contribution in [0.15, 0.2) is 53.6 Å². The van der Waals surface area contributed by atoms with Crippen LogP contribution < -0.4 is 10.5 Å². The summed E-state index contributed by atoms with van der Waals surface area (Å²) < 4.78 is 18.4. The summed E-state index contributed by atoms with van der Waals surface area (Å²) in [5, 5.41) is 4.89. The van der Waals surface area contributed by atoms with E-state index < -0.39 is 6.03 Å². The first kappa shape index (κ1) is 16.0. The number of urea groups is 1. The van der Waals surface area contributed by atoms with Gasteiger partial charge in [-0.3, -0.25) is 0 Å². The van der Waals surface area contributed by atoms with Gasteiger partial charge in [0.2, 0.25) is 0 Å². The fourth-order valence-corrected chi connectivity index (χ4v) is 1.66. The molecule has 5 nitrogen and oxygen atoms in total. The molecule has 0 atom stereocenters. The van der Waals surface area contributed by atoms with Gasteiger partial charge in [0, 0.05) is 0 Å². The highest BCUT2D eigenvalue weighted by Crippen LogP contribution is 2.21. The molecular formula is C17H14FN3O2. The van der Waals surface area contributed by atoms with Crippen molar-refractivity contribution in [2.24, 2.45) is 10.8 Å². The van der Waals surface area contributed by atoms with E-state index in [4.69, 9.17) is 16.9 Å². The number of carbonyl (C=O) groups excluding carboxylic acids is 1. The molecule has 0 saturated heterocycles. The number of hydrogen-bond acceptors (Lipinski definition) is 3. The summed E-state index contributed by atoms with van der Waals surface area (Å²) in [6.07, 6.45) is 6.59. The van der Waals surface area contributed by atoms with Gasteiger partial charge in [-0.25, -0.2) is 14.2 Å². The summed E-state index contributed by atoms with van der Waals surface area (Å²) in [6, 6.07) is 11.9. The van der Waals surface area contributed by atoms with Crippen LogP contribution in [0, 0.1) is 18.2 Å². The number of hydrazone groups is 1. The summed E-state index contributed by atoms with van der Waals surface area (Å²) >= 11 is 0. The molecule has 0 saturated carbocycles. The van der Waals surface area contributed by atoms with Gasteiger partial charge in [-0.05, 0) is 54.1 Å². The first-order chi connectivity index (χ1) is 11.1. The van der Waals surface area contributed by atoms with Crippen molar-refractivity contribution in [2.45, 2.75) is 0 Å². The van der Waals surface area contributed by atoms with Crippen LogP contribution in [0.2, 0.25) is 0 Å². The fourth-order valence-electron chi connectivity index (χ4n) is 1.66. The number of halogens is 1. The summed E-state index contributed by atoms with van der Waals surface area (Å²) in [5.41, 5.74) is 5.87. The molecule has 23 heavy (non-hydrogen) atoms. The third-order valence-corrected chi connectivity index (χ3v) is 2.77. The van der Waals surface area contributed by atoms with E-state index in [0.29, 0.717) is 11.5 Å². The van der Waals surface area contributed by atoms with Gasteiger partial charge in [-0.15, -0.1) is 6.42 Å². The average molecular weight is 311 g/mol. The molecule has 2 rings (SSSR count). The van der Waals surface area contributed by atoms with Crippen molar-refractivity contribution in [3.63, 3.8) is 0 Å². The molecule has 0 aromatic heterocycles. The molecule has 2 amide bonds. The van der Waals surface area contributed by atoms with Crippen molar-refractivity contribution in [2.75, 3.05) is 6.54 Å². The van der Waals surface area contributed by atoms with Crippen molar-refractivity contribution in [1.82, 2.24) is 5.01 Å². The largest absolute Gasteiger partial charge is 0.457 e. The van der Waals surface area contributed by atoms with Crippen LogP contribution in [0.4, 0.5) is 9.18 Å². The predicted molar refractivity (Wildman–Crippen MR) is 85.6 cm³/mol. The number of rotatable bonds is 5. The first-order valence-corrected chi connectivity index (χ1v) is 6.66. The monoisotopic (exact) mass is 311 g/mol. The van der Waals surface area contributed by atoms with E-state index in [9.17, 15) is 9.18 Å².